The van der Waals surface area contributed by atoms with Crippen LogP contribution in [0.3, 0.4) is 0 Å². The molecule has 1 amide bonds. The maximum absolute atomic E-state index is 12.7. The fourth-order valence-electron chi connectivity index (χ4n) is 3.34. The van der Waals surface area contributed by atoms with E-state index in [4.69, 9.17) is 4.74 Å². The van der Waals surface area contributed by atoms with Crippen LogP contribution in [-0.2, 0) is 14.3 Å². The maximum atomic E-state index is 12.7. The Bertz CT molecular complexity index is 543. The van der Waals surface area contributed by atoms with E-state index in [0.717, 1.165) is 5.56 Å². The molecule has 0 unspecified atom stereocenters. The highest BCUT2D eigenvalue weighted by Gasteiger charge is 2.45. The summed E-state index contributed by atoms with van der Waals surface area (Å²) in [7, 11) is 0. The Balaban J connectivity index is 2.16. The summed E-state index contributed by atoms with van der Waals surface area (Å²) in [6.07, 6.45) is -0.623. The molecule has 4 atom stereocenters. The number of rotatable bonds is 6. The number of hydrogen-bond acceptors (Lipinski definition) is 4. The number of aliphatic hydroxyl groups excluding tert-OH is 1. The second kappa shape index (κ2) is 7.59. The van der Waals surface area contributed by atoms with Crippen LogP contribution in [0.1, 0.15) is 38.8 Å². The molecule has 0 radical (unpaired) electrons. The standard InChI is InChI=1S/C18H25NO4/c1-4-23-16(21)10-15-11-19(18(22)17(15)13(3)20)12(2)14-8-6-5-7-9-14/h5-9,12-13,15,17,20H,4,10-11H2,1-3H3/t12-,13+,15+,17-/m1/s1. The monoisotopic (exact) mass is 319 g/mol. The number of ether oxygens (including phenoxy) is 1. The summed E-state index contributed by atoms with van der Waals surface area (Å²) in [4.78, 5) is 26.3. The van der Waals surface area contributed by atoms with E-state index >= 15 is 0 Å². The lowest BCUT2D eigenvalue weighted by Gasteiger charge is -2.25. The molecule has 1 heterocycles. The number of carbonyl (C=O) groups excluding carboxylic acids is 2. The van der Waals surface area contributed by atoms with Crippen LogP contribution in [0, 0.1) is 11.8 Å². The van der Waals surface area contributed by atoms with Crippen molar-refractivity contribution in [2.45, 2.75) is 39.3 Å². The third-order valence-corrected chi connectivity index (χ3v) is 4.51. The van der Waals surface area contributed by atoms with E-state index < -0.39 is 12.0 Å². The Hall–Kier alpha value is -1.88. The minimum Gasteiger partial charge on any atom is -0.466 e. The predicted molar refractivity (Wildman–Crippen MR) is 86.5 cm³/mol. The second-order valence-electron chi connectivity index (χ2n) is 6.11. The molecule has 2 rings (SSSR count). The smallest absolute Gasteiger partial charge is 0.306 e. The number of esters is 1. The van der Waals surface area contributed by atoms with Crippen LogP contribution < -0.4 is 0 Å². The first-order valence-corrected chi connectivity index (χ1v) is 8.14. The molecular weight excluding hydrogens is 294 g/mol. The van der Waals surface area contributed by atoms with Gasteiger partial charge in [-0.25, -0.2) is 0 Å². The number of amides is 1. The summed E-state index contributed by atoms with van der Waals surface area (Å²) >= 11 is 0. The van der Waals surface area contributed by atoms with Gasteiger partial charge in [-0.15, -0.1) is 0 Å². The van der Waals surface area contributed by atoms with Crippen LogP contribution in [0.5, 0.6) is 0 Å². The lowest BCUT2D eigenvalue weighted by atomic mass is 9.88. The molecule has 0 aromatic heterocycles. The van der Waals surface area contributed by atoms with Crippen molar-refractivity contribution in [3.63, 3.8) is 0 Å². The van der Waals surface area contributed by atoms with E-state index in [0.29, 0.717) is 13.2 Å². The van der Waals surface area contributed by atoms with Gasteiger partial charge < -0.3 is 14.7 Å². The fraction of sp³-hybridized carbons (Fsp3) is 0.556. The van der Waals surface area contributed by atoms with Crippen molar-refractivity contribution in [2.24, 2.45) is 11.8 Å². The number of nitrogens with zero attached hydrogens (tertiary/aromatic N) is 1. The van der Waals surface area contributed by atoms with Crippen LogP contribution in [0.2, 0.25) is 0 Å². The van der Waals surface area contributed by atoms with Crippen molar-refractivity contribution in [1.29, 1.82) is 0 Å². The molecule has 23 heavy (non-hydrogen) atoms. The number of benzene rings is 1. The molecule has 1 aromatic rings. The number of aliphatic hydroxyl groups is 1. The van der Waals surface area contributed by atoms with Gasteiger partial charge in [0.1, 0.15) is 0 Å². The van der Waals surface area contributed by atoms with E-state index in [2.05, 4.69) is 0 Å². The zero-order valence-corrected chi connectivity index (χ0v) is 13.9. The fourth-order valence-corrected chi connectivity index (χ4v) is 3.34. The van der Waals surface area contributed by atoms with Gasteiger partial charge in [0.15, 0.2) is 0 Å². The van der Waals surface area contributed by atoms with Gasteiger partial charge in [-0.1, -0.05) is 30.3 Å². The molecule has 0 aliphatic carbocycles. The van der Waals surface area contributed by atoms with Gasteiger partial charge in [0.05, 0.1) is 31.1 Å². The zero-order valence-electron chi connectivity index (χ0n) is 13.9. The number of likely N-dealkylation sites (tertiary alicyclic amines) is 1. The molecule has 1 N–H and O–H groups in total. The summed E-state index contributed by atoms with van der Waals surface area (Å²) in [6.45, 7) is 6.12. The van der Waals surface area contributed by atoms with E-state index in [1.807, 2.05) is 37.3 Å². The molecule has 126 valence electrons. The molecule has 0 spiro atoms. The minimum absolute atomic E-state index is 0.0860. The molecule has 5 heteroatoms. The van der Waals surface area contributed by atoms with E-state index in [1.165, 1.54) is 0 Å². The van der Waals surface area contributed by atoms with Crippen molar-refractivity contribution in [3.8, 4) is 0 Å². The third kappa shape index (κ3) is 3.91. The maximum Gasteiger partial charge on any atom is 0.306 e. The van der Waals surface area contributed by atoms with Crippen molar-refractivity contribution in [1.82, 2.24) is 4.90 Å². The Morgan fingerprint density at radius 2 is 2.00 bits per heavy atom. The van der Waals surface area contributed by atoms with Gasteiger partial charge >= 0.3 is 5.97 Å². The van der Waals surface area contributed by atoms with Gasteiger partial charge in [-0.3, -0.25) is 9.59 Å². The van der Waals surface area contributed by atoms with Gasteiger partial charge in [0.2, 0.25) is 5.91 Å². The first kappa shape index (κ1) is 17.5. The van der Waals surface area contributed by atoms with Crippen molar-refractivity contribution in [3.05, 3.63) is 35.9 Å². The van der Waals surface area contributed by atoms with Gasteiger partial charge in [0.25, 0.3) is 0 Å². The van der Waals surface area contributed by atoms with Crippen LogP contribution in [0.15, 0.2) is 30.3 Å². The Morgan fingerprint density at radius 1 is 1.35 bits per heavy atom. The minimum atomic E-state index is -0.783. The average Bonchev–Trinajstić information content (AvgIpc) is 2.84. The van der Waals surface area contributed by atoms with E-state index in [9.17, 15) is 14.7 Å². The summed E-state index contributed by atoms with van der Waals surface area (Å²) in [5.74, 6) is -1.17. The lowest BCUT2D eigenvalue weighted by molar-refractivity contribution is -0.144. The van der Waals surface area contributed by atoms with Crippen LogP contribution in [0.4, 0.5) is 0 Å². The second-order valence-corrected chi connectivity index (χ2v) is 6.11. The highest BCUT2D eigenvalue weighted by Crippen LogP contribution is 2.35. The summed E-state index contributed by atoms with van der Waals surface area (Å²) in [5, 5.41) is 10.0. The SMILES string of the molecule is CCOC(=O)C[C@H]1CN([C@H](C)c2ccccc2)C(=O)[C@@H]1[C@H](C)O. The van der Waals surface area contributed by atoms with Crippen LogP contribution in [0.25, 0.3) is 0 Å². The van der Waals surface area contributed by atoms with Gasteiger partial charge in [-0.05, 0) is 26.3 Å². The summed E-state index contributed by atoms with van der Waals surface area (Å²) < 4.78 is 5.00. The molecule has 1 aliphatic rings. The van der Waals surface area contributed by atoms with E-state index in [-0.39, 0.29) is 30.3 Å². The molecular formula is C18H25NO4. The highest BCUT2D eigenvalue weighted by molar-refractivity contribution is 5.83. The predicted octanol–water partition coefficient (Wildman–Crippen LogP) is 2.16. The number of carbonyl (C=O) groups is 2. The third-order valence-electron chi connectivity index (χ3n) is 4.51. The molecule has 1 aromatic carbocycles. The van der Waals surface area contributed by atoms with Crippen molar-refractivity contribution < 1.29 is 19.4 Å². The van der Waals surface area contributed by atoms with E-state index in [1.54, 1.807) is 18.7 Å². The van der Waals surface area contributed by atoms with Crippen LogP contribution in [-0.4, -0.2) is 41.1 Å². The van der Waals surface area contributed by atoms with Crippen LogP contribution >= 0.6 is 0 Å². The molecule has 1 aliphatic heterocycles. The van der Waals surface area contributed by atoms with Gasteiger partial charge in [-0.2, -0.15) is 0 Å². The topological polar surface area (TPSA) is 66.8 Å². The molecule has 5 nitrogen and oxygen atoms in total. The molecule has 1 fully saturated rings. The zero-order chi connectivity index (χ0) is 17.0. The van der Waals surface area contributed by atoms with Crippen molar-refractivity contribution in [2.75, 3.05) is 13.2 Å². The normalized spacial score (nSPS) is 23.7. The Labute approximate surface area is 137 Å². The Morgan fingerprint density at radius 3 is 2.57 bits per heavy atom. The molecule has 1 saturated heterocycles. The Kier molecular flexibility index (Phi) is 5.77. The first-order valence-electron chi connectivity index (χ1n) is 8.14. The molecule has 0 bridgehead atoms. The lowest BCUT2D eigenvalue weighted by Crippen LogP contribution is -2.33. The van der Waals surface area contributed by atoms with Gasteiger partial charge in [0, 0.05) is 12.5 Å². The summed E-state index contributed by atoms with van der Waals surface area (Å²) in [5.41, 5.74) is 1.04. The molecule has 0 saturated carbocycles. The highest BCUT2D eigenvalue weighted by atomic mass is 16.5. The average molecular weight is 319 g/mol. The first-order chi connectivity index (χ1) is 11.0. The quantitative estimate of drug-likeness (QED) is 0.816. The number of hydrogen-bond donors (Lipinski definition) is 1. The van der Waals surface area contributed by atoms with Crippen molar-refractivity contribution >= 4 is 11.9 Å². The summed E-state index contributed by atoms with van der Waals surface area (Å²) in [6, 6.07) is 9.69. The largest absolute Gasteiger partial charge is 0.466 e.